The van der Waals surface area contributed by atoms with Crippen LogP contribution >= 0.6 is 22.9 Å². The second-order valence-electron chi connectivity index (χ2n) is 5.41. The maximum Gasteiger partial charge on any atom is 0.253 e. The van der Waals surface area contributed by atoms with Crippen molar-refractivity contribution in [1.29, 1.82) is 0 Å². The fourth-order valence-electron chi connectivity index (χ4n) is 2.59. The molecule has 22 heavy (non-hydrogen) atoms. The highest BCUT2D eigenvalue weighted by Crippen LogP contribution is 2.21. The molecule has 116 valence electrons. The van der Waals surface area contributed by atoms with E-state index in [1.165, 1.54) is 0 Å². The molecular weight excluding hydrogens is 318 g/mol. The topological polar surface area (TPSA) is 36.4 Å². The van der Waals surface area contributed by atoms with Crippen molar-refractivity contribution in [2.45, 2.75) is 13.3 Å². The standard InChI is InChI=1S/C16H18ClN3OS/c1-12-3-4-13(11-14(12)17)15(21)19-6-2-7-20(9-8-19)16-18-5-10-22-16/h3-5,10-11H,2,6-9H2,1H3. The van der Waals surface area contributed by atoms with Crippen molar-refractivity contribution in [2.75, 3.05) is 31.1 Å². The minimum absolute atomic E-state index is 0.0582. The SMILES string of the molecule is Cc1ccc(C(=O)N2CCCN(c3nccs3)CC2)cc1Cl. The number of nitrogens with zero attached hydrogens (tertiary/aromatic N) is 3. The molecule has 0 saturated carbocycles. The second kappa shape index (κ2) is 6.67. The van der Waals surface area contributed by atoms with Crippen LogP contribution in [0.5, 0.6) is 0 Å². The lowest BCUT2D eigenvalue weighted by molar-refractivity contribution is 0.0767. The summed E-state index contributed by atoms with van der Waals surface area (Å²) in [6.45, 7) is 5.18. The first-order valence-electron chi connectivity index (χ1n) is 7.35. The van der Waals surface area contributed by atoms with Crippen LogP contribution in [0.4, 0.5) is 5.13 Å². The Balaban J connectivity index is 1.70. The van der Waals surface area contributed by atoms with Crippen LogP contribution in [-0.4, -0.2) is 42.0 Å². The maximum atomic E-state index is 12.6. The molecule has 1 fully saturated rings. The van der Waals surface area contributed by atoms with E-state index in [1.807, 2.05) is 35.5 Å². The first-order valence-corrected chi connectivity index (χ1v) is 8.61. The summed E-state index contributed by atoms with van der Waals surface area (Å²) in [6.07, 6.45) is 2.77. The summed E-state index contributed by atoms with van der Waals surface area (Å²) in [5.74, 6) is 0.0582. The lowest BCUT2D eigenvalue weighted by Gasteiger charge is -2.22. The minimum Gasteiger partial charge on any atom is -0.346 e. The Morgan fingerprint density at radius 1 is 1.27 bits per heavy atom. The second-order valence-corrected chi connectivity index (χ2v) is 6.69. The average molecular weight is 336 g/mol. The van der Waals surface area contributed by atoms with Crippen LogP contribution in [0.3, 0.4) is 0 Å². The van der Waals surface area contributed by atoms with E-state index in [1.54, 1.807) is 17.4 Å². The van der Waals surface area contributed by atoms with Gasteiger partial charge < -0.3 is 9.80 Å². The number of hydrogen-bond acceptors (Lipinski definition) is 4. The molecule has 0 aliphatic carbocycles. The Morgan fingerprint density at radius 2 is 2.14 bits per heavy atom. The van der Waals surface area contributed by atoms with E-state index in [9.17, 15) is 4.79 Å². The van der Waals surface area contributed by atoms with Gasteiger partial charge in [-0.1, -0.05) is 17.7 Å². The zero-order valence-corrected chi connectivity index (χ0v) is 14.0. The number of rotatable bonds is 2. The molecule has 3 rings (SSSR count). The lowest BCUT2D eigenvalue weighted by atomic mass is 10.1. The molecule has 2 heterocycles. The number of carbonyl (C=O) groups is 1. The zero-order valence-electron chi connectivity index (χ0n) is 12.5. The number of aromatic nitrogens is 1. The molecule has 1 aliphatic rings. The molecule has 1 aromatic heterocycles. The normalized spacial score (nSPS) is 15.7. The summed E-state index contributed by atoms with van der Waals surface area (Å²) < 4.78 is 0. The lowest BCUT2D eigenvalue weighted by Crippen LogP contribution is -2.35. The van der Waals surface area contributed by atoms with Crippen molar-refractivity contribution in [3.05, 3.63) is 45.9 Å². The predicted molar refractivity (Wildman–Crippen MR) is 91.0 cm³/mol. The third-order valence-corrected chi connectivity index (χ3v) is 5.13. The quantitative estimate of drug-likeness (QED) is 0.843. The summed E-state index contributed by atoms with van der Waals surface area (Å²) in [5, 5.41) is 3.66. The minimum atomic E-state index is 0.0582. The van der Waals surface area contributed by atoms with Gasteiger partial charge in [0.2, 0.25) is 0 Å². The molecule has 0 bridgehead atoms. The molecule has 0 atom stereocenters. The highest BCUT2D eigenvalue weighted by atomic mass is 35.5. The van der Waals surface area contributed by atoms with Gasteiger partial charge in [-0.15, -0.1) is 11.3 Å². The molecule has 1 amide bonds. The summed E-state index contributed by atoms with van der Waals surface area (Å²) >= 11 is 7.78. The van der Waals surface area contributed by atoms with Gasteiger partial charge in [0.15, 0.2) is 5.13 Å². The van der Waals surface area contributed by atoms with Crippen LogP contribution in [0, 0.1) is 6.92 Å². The van der Waals surface area contributed by atoms with Gasteiger partial charge in [0.1, 0.15) is 0 Å². The van der Waals surface area contributed by atoms with Gasteiger partial charge in [-0.25, -0.2) is 4.98 Å². The summed E-state index contributed by atoms with van der Waals surface area (Å²) in [6, 6.07) is 5.52. The molecule has 0 N–H and O–H groups in total. The van der Waals surface area contributed by atoms with Crippen molar-refractivity contribution in [2.24, 2.45) is 0 Å². The number of carbonyl (C=O) groups excluding carboxylic acids is 1. The van der Waals surface area contributed by atoms with Crippen molar-refractivity contribution in [1.82, 2.24) is 9.88 Å². The molecule has 1 saturated heterocycles. The Labute approximate surface area is 139 Å². The van der Waals surface area contributed by atoms with E-state index in [0.717, 1.165) is 36.8 Å². The number of benzene rings is 1. The van der Waals surface area contributed by atoms with E-state index in [-0.39, 0.29) is 5.91 Å². The largest absolute Gasteiger partial charge is 0.346 e. The number of hydrogen-bond donors (Lipinski definition) is 0. The number of thiazole rings is 1. The molecule has 1 aliphatic heterocycles. The molecule has 6 heteroatoms. The summed E-state index contributed by atoms with van der Waals surface area (Å²) in [5.41, 5.74) is 1.65. The Morgan fingerprint density at radius 3 is 2.86 bits per heavy atom. The number of amides is 1. The first kappa shape index (κ1) is 15.3. The fraction of sp³-hybridized carbons (Fsp3) is 0.375. The average Bonchev–Trinajstić information content (AvgIpc) is 2.94. The van der Waals surface area contributed by atoms with Crippen LogP contribution in [0.2, 0.25) is 5.02 Å². The first-order chi connectivity index (χ1) is 10.6. The highest BCUT2D eigenvalue weighted by molar-refractivity contribution is 7.13. The summed E-state index contributed by atoms with van der Waals surface area (Å²) in [4.78, 5) is 21.2. The smallest absolute Gasteiger partial charge is 0.253 e. The van der Waals surface area contributed by atoms with Gasteiger partial charge >= 0.3 is 0 Å². The van der Waals surface area contributed by atoms with E-state index in [0.29, 0.717) is 17.1 Å². The Hall–Kier alpha value is -1.59. The van der Waals surface area contributed by atoms with Crippen molar-refractivity contribution in [3.8, 4) is 0 Å². The van der Waals surface area contributed by atoms with Crippen molar-refractivity contribution in [3.63, 3.8) is 0 Å². The molecule has 0 spiro atoms. The fourth-order valence-corrected chi connectivity index (χ4v) is 3.47. The number of anilines is 1. The van der Waals surface area contributed by atoms with E-state index in [2.05, 4.69) is 9.88 Å². The monoisotopic (exact) mass is 335 g/mol. The molecule has 1 aromatic carbocycles. The Kier molecular flexibility index (Phi) is 4.64. The van der Waals surface area contributed by atoms with Gasteiger partial charge in [-0.05, 0) is 31.0 Å². The predicted octanol–water partition coefficient (Wildman–Crippen LogP) is 3.46. The van der Waals surface area contributed by atoms with Crippen molar-refractivity contribution < 1.29 is 4.79 Å². The highest BCUT2D eigenvalue weighted by Gasteiger charge is 2.21. The van der Waals surface area contributed by atoms with Gasteiger partial charge in [-0.2, -0.15) is 0 Å². The van der Waals surface area contributed by atoms with Crippen molar-refractivity contribution >= 4 is 34.0 Å². The van der Waals surface area contributed by atoms with Crippen LogP contribution in [-0.2, 0) is 0 Å². The third kappa shape index (κ3) is 3.25. The van der Waals surface area contributed by atoms with Crippen LogP contribution in [0.1, 0.15) is 22.3 Å². The van der Waals surface area contributed by atoms with E-state index < -0.39 is 0 Å². The molecule has 0 radical (unpaired) electrons. The number of halogens is 1. The molecule has 2 aromatic rings. The van der Waals surface area contributed by atoms with Crippen LogP contribution in [0.15, 0.2) is 29.8 Å². The van der Waals surface area contributed by atoms with Gasteiger partial charge in [0, 0.05) is 48.3 Å². The third-order valence-electron chi connectivity index (χ3n) is 3.89. The molecule has 0 unspecified atom stereocenters. The van der Waals surface area contributed by atoms with Crippen LogP contribution < -0.4 is 4.90 Å². The summed E-state index contributed by atoms with van der Waals surface area (Å²) in [7, 11) is 0. The molecule has 4 nitrogen and oxygen atoms in total. The van der Waals surface area contributed by atoms with Gasteiger partial charge in [0.25, 0.3) is 5.91 Å². The maximum absolute atomic E-state index is 12.6. The van der Waals surface area contributed by atoms with Gasteiger partial charge in [0.05, 0.1) is 0 Å². The molecular formula is C16H18ClN3OS. The number of aryl methyl sites for hydroxylation is 1. The van der Waals surface area contributed by atoms with E-state index >= 15 is 0 Å². The Bertz CT molecular complexity index is 659. The van der Waals surface area contributed by atoms with Gasteiger partial charge in [-0.3, -0.25) is 4.79 Å². The van der Waals surface area contributed by atoms with Crippen LogP contribution in [0.25, 0.3) is 0 Å². The zero-order chi connectivity index (χ0) is 15.5. The van der Waals surface area contributed by atoms with E-state index in [4.69, 9.17) is 11.6 Å².